The number of para-hydroxylation sites is 1. The number of amides is 2. The number of carbonyl (C=O) groups excluding carboxylic acids is 2. The van der Waals surface area contributed by atoms with E-state index in [1.54, 1.807) is 36.4 Å². The van der Waals surface area contributed by atoms with Crippen molar-refractivity contribution in [1.82, 2.24) is 0 Å². The number of methoxy groups -OCH3 is 1. The van der Waals surface area contributed by atoms with Gasteiger partial charge in [0.1, 0.15) is 17.4 Å². The highest BCUT2D eigenvalue weighted by Gasteiger charge is 2.60. The Balaban J connectivity index is 1.54. The first-order chi connectivity index (χ1) is 16.5. The molecule has 8 heteroatoms. The zero-order valence-electron chi connectivity index (χ0n) is 18.7. The lowest BCUT2D eigenvalue weighted by molar-refractivity contribution is -0.126. The van der Waals surface area contributed by atoms with Crippen LogP contribution in [0.3, 0.4) is 0 Å². The Labute approximate surface area is 205 Å². The summed E-state index contributed by atoms with van der Waals surface area (Å²) in [6, 6.07) is 21.6. The summed E-state index contributed by atoms with van der Waals surface area (Å²) >= 11 is 3.54. The van der Waals surface area contributed by atoms with Crippen LogP contribution in [-0.2, 0) is 14.4 Å². The van der Waals surface area contributed by atoms with Crippen LogP contribution in [0.2, 0.25) is 0 Å². The molecule has 0 bridgehead atoms. The molecular formula is C26H23BrN2O5. The van der Waals surface area contributed by atoms with E-state index in [4.69, 9.17) is 14.3 Å². The predicted molar refractivity (Wildman–Crippen MR) is 131 cm³/mol. The summed E-state index contributed by atoms with van der Waals surface area (Å²) in [5.41, 5.74) is 2.10. The largest absolute Gasteiger partial charge is 0.496 e. The number of halogens is 1. The topological polar surface area (TPSA) is 68.3 Å². The van der Waals surface area contributed by atoms with Crippen LogP contribution in [0, 0.1) is 5.92 Å². The number of imide groups is 1. The molecule has 0 saturated carbocycles. The molecule has 0 N–H and O–H groups in total. The first-order valence-electron chi connectivity index (χ1n) is 11.0. The average Bonchev–Trinajstić information content (AvgIpc) is 3.36. The van der Waals surface area contributed by atoms with Gasteiger partial charge in [0.25, 0.3) is 5.91 Å². The average molecular weight is 523 g/mol. The highest BCUT2D eigenvalue weighted by atomic mass is 79.9. The minimum Gasteiger partial charge on any atom is -0.496 e. The van der Waals surface area contributed by atoms with Crippen LogP contribution in [0.15, 0.2) is 77.3 Å². The quantitative estimate of drug-likeness (QED) is 0.428. The number of fused-ring (bicyclic) bond motifs is 1. The second-order valence-corrected chi connectivity index (χ2v) is 8.85. The normalized spacial score (nSPS) is 21.7. The Kier molecular flexibility index (Phi) is 6.02. The Hall–Kier alpha value is -3.36. The maximum atomic E-state index is 13.7. The van der Waals surface area contributed by atoms with Crippen molar-refractivity contribution in [2.45, 2.75) is 19.1 Å². The van der Waals surface area contributed by atoms with Gasteiger partial charge in [-0.25, -0.2) is 9.96 Å². The van der Waals surface area contributed by atoms with Gasteiger partial charge < -0.3 is 9.47 Å². The molecule has 2 saturated heterocycles. The van der Waals surface area contributed by atoms with Crippen molar-refractivity contribution in [2.24, 2.45) is 5.92 Å². The summed E-state index contributed by atoms with van der Waals surface area (Å²) in [6.07, 6.45) is -0.926. The molecule has 3 atom stereocenters. The zero-order chi connectivity index (χ0) is 23.8. The fourth-order valence-corrected chi connectivity index (χ4v) is 5.09. The van der Waals surface area contributed by atoms with E-state index >= 15 is 0 Å². The van der Waals surface area contributed by atoms with Gasteiger partial charge in [0.15, 0.2) is 6.10 Å². The maximum Gasteiger partial charge on any atom is 0.266 e. The second kappa shape index (κ2) is 9.12. The van der Waals surface area contributed by atoms with E-state index < -0.39 is 18.1 Å². The van der Waals surface area contributed by atoms with Gasteiger partial charge in [0.05, 0.1) is 35.6 Å². The molecule has 2 heterocycles. The molecule has 0 spiro atoms. The van der Waals surface area contributed by atoms with Crippen LogP contribution in [0.4, 0.5) is 11.4 Å². The number of rotatable bonds is 6. The molecule has 7 nitrogen and oxygen atoms in total. The van der Waals surface area contributed by atoms with Crippen LogP contribution in [0.25, 0.3) is 0 Å². The number of hydrogen-bond donors (Lipinski definition) is 0. The number of anilines is 2. The Morgan fingerprint density at radius 1 is 0.941 bits per heavy atom. The molecule has 0 radical (unpaired) electrons. The summed E-state index contributed by atoms with van der Waals surface area (Å²) in [5.74, 6) is -0.0300. The van der Waals surface area contributed by atoms with Crippen molar-refractivity contribution in [2.75, 3.05) is 23.7 Å². The summed E-state index contributed by atoms with van der Waals surface area (Å²) < 4.78 is 11.6. The number of nitrogens with zero attached hydrogens (tertiary/aromatic N) is 2. The summed E-state index contributed by atoms with van der Waals surface area (Å²) in [4.78, 5) is 34.5. The molecule has 174 valence electrons. The van der Waals surface area contributed by atoms with Crippen LogP contribution in [0.1, 0.15) is 18.5 Å². The smallest absolute Gasteiger partial charge is 0.266 e. The van der Waals surface area contributed by atoms with Crippen LogP contribution in [0.5, 0.6) is 11.5 Å². The van der Waals surface area contributed by atoms with E-state index in [2.05, 4.69) is 15.9 Å². The fourth-order valence-electron chi connectivity index (χ4n) is 4.53. The van der Waals surface area contributed by atoms with Crippen molar-refractivity contribution < 1.29 is 23.9 Å². The second-order valence-electron chi connectivity index (χ2n) is 7.99. The number of carbonyl (C=O) groups is 2. The lowest BCUT2D eigenvalue weighted by Crippen LogP contribution is -2.37. The SMILES string of the molecule is CCOc1ccc(N2C(=O)[C@@H]3[C@H](ON(c4ccccc4)[C@@H]3c3ccc(OC)c(Br)c3)C2=O)cc1. The third kappa shape index (κ3) is 3.73. The van der Waals surface area contributed by atoms with Crippen molar-refractivity contribution in [3.05, 3.63) is 82.8 Å². The van der Waals surface area contributed by atoms with Crippen molar-refractivity contribution in [1.29, 1.82) is 0 Å². The fraction of sp³-hybridized carbons (Fsp3) is 0.231. The van der Waals surface area contributed by atoms with Gasteiger partial charge in [0, 0.05) is 0 Å². The minimum atomic E-state index is -0.926. The highest BCUT2D eigenvalue weighted by Crippen LogP contribution is 2.48. The zero-order valence-corrected chi connectivity index (χ0v) is 20.3. The minimum absolute atomic E-state index is 0.297. The van der Waals surface area contributed by atoms with Crippen LogP contribution < -0.4 is 19.4 Å². The van der Waals surface area contributed by atoms with Gasteiger partial charge in [-0.2, -0.15) is 0 Å². The van der Waals surface area contributed by atoms with E-state index in [1.807, 2.05) is 55.5 Å². The lowest BCUT2D eigenvalue weighted by atomic mass is 9.90. The molecule has 34 heavy (non-hydrogen) atoms. The molecule has 0 aliphatic carbocycles. The maximum absolute atomic E-state index is 13.7. The van der Waals surface area contributed by atoms with Crippen molar-refractivity contribution >= 4 is 39.1 Å². The lowest BCUT2D eigenvalue weighted by Gasteiger charge is -2.29. The van der Waals surface area contributed by atoms with E-state index in [0.717, 1.165) is 15.7 Å². The molecule has 2 amide bonds. The van der Waals surface area contributed by atoms with Gasteiger partial charge in [-0.3, -0.25) is 14.4 Å². The molecule has 2 aliphatic rings. The third-order valence-corrected chi connectivity index (χ3v) is 6.67. The summed E-state index contributed by atoms with van der Waals surface area (Å²) in [6.45, 7) is 2.43. The van der Waals surface area contributed by atoms with Gasteiger partial charge in [-0.05, 0) is 76.9 Å². The Morgan fingerprint density at radius 2 is 1.68 bits per heavy atom. The molecule has 2 aliphatic heterocycles. The Morgan fingerprint density at radius 3 is 2.32 bits per heavy atom. The molecule has 5 rings (SSSR count). The van der Waals surface area contributed by atoms with Crippen molar-refractivity contribution in [3.8, 4) is 11.5 Å². The number of benzene rings is 3. The Bertz CT molecular complexity index is 1220. The van der Waals surface area contributed by atoms with Gasteiger partial charge in [-0.1, -0.05) is 24.3 Å². The molecule has 3 aromatic rings. The molecule has 2 fully saturated rings. The van der Waals surface area contributed by atoms with Crippen molar-refractivity contribution in [3.63, 3.8) is 0 Å². The van der Waals surface area contributed by atoms with Gasteiger partial charge in [-0.15, -0.1) is 0 Å². The van der Waals surface area contributed by atoms with Crippen LogP contribution in [-0.4, -0.2) is 31.6 Å². The number of hydroxylamine groups is 1. The van der Waals surface area contributed by atoms with E-state index in [-0.39, 0.29) is 11.8 Å². The predicted octanol–water partition coefficient (Wildman–Crippen LogP) is 4.91. The van der Waals surface area contributed by atoms with Crippen LogP contribution >= 0.6 is 15.9 Å². The first kappa shape index (κ1) is 22.4. The summed E-state index contributed by atoms with van der Waals surface area (Å²) in [5, 5.41) is 1.68. The molecular weight excluding hydrogens is 500 g/mol. The highest BCUT2D eigenvalue weighted by molar-refractivity contribution is 9.10. The van der Waals surface area contributed by atoms with E-state index in [1.165, 1.54) is 4.90 Å². The molecule has 0 aromatic heterocycles. The van der Waals surface area contributed by atoms with E-state index in [9.17, 15) is 9.59 Å². The molecule has 3 aromatic carbocycles. The third-order valence-electron chi connectivity index (χ3n) is 6.05. The number of hydrogen-bond acceptors (Lipinski definition) is 6. The molecule has 0 unspecified atom stereocenters. The number of ether oxygens (including phenoxy) is 2. The van der Waals surface area contributed by atoms with Gasteiger partial charge in [0.2, 0.25) is 5.91 Å². The monoisotopic (exact) mass is 522 g/mol. The van der Waals surface area contributed by atoms with Gasteiger partial charge >= 0.3 is 0 Å². The van der Waals surface area contributed by atoms with E-state index in [0.29, 0.717) is 23.8 Å². The summed E-state index contributed by atoms with van der Waals surface area (Å²) in [7, 11) is 1.60. The standard InChI is InChI=1S/C26H23BrN2O5/c1-3-33-19-12-10-17(11-13-19)28-25(30)22-23(16-9-14-21(32-2)20(27)15-16)29(34-24(22)26(28)31)18-7-5-4-6-8-18/h4-15,22-24H,3H2,1-2H3/t22-,23+,24-/m0/s1. The first-order valence-corrected chi connectivity index (χ1v) is 11.8.